The van der Waals surface area contributed by atoms with Crippen LogP contribution in [0.3, 0.4) is 0 Å². The highest BCUT2D eigenvalue weighted by molar-refractivity contribution is 5.55. The number of aromatic nitrogens is 2. The maximum Gasteiger partial charge on any atom is 0.244 e. The molecule has 100 valence electrons. The predicted octanol–water partition coefficient (Wildman–Crippen LogP) is 1.58. The molecule has 2 unspecified atom stereocenters. The number of benzene rings is 1. The Morgan fingerprint density at radius 2 is 2.32 bits per heavy atom. The molecule has 1 saturated heterocycles. The zero-order valence-corrected chi connectivity index (χ0v) is 10.4. The van der Waals surface area contributed by atoms with Crippen LogP contribution >= 0.6 is 0 Å². The highest BCUT2D eigenvalue weighted by atomic mass is 19.1. The number of rotatable bonds is 2. The van der Waals surface area contributed by atoms with Gasteiger partial charge < -0.3 is 14.9 Å². The molecule has 2 heterocycles. The number of β-amino-alcohol motifs (C(OH)–C–C–N with tert-alkyl or cyclic N) is 1. The lowest BCUT2D eigenvalue weighted by Gasteiger charge is -2.01. The second kappa shape index (κ2) is 4.71. The van der Waals surface area contributed by atoms with E-state index in [-0.39, 0.29) is 11.9 Å². The van der Waals surface area contributed by atoms with Crippen LogP contribution < -0.4 is 5.32 Å². The molecule has 0 amide bonds. The summed E-state index contributed by atoms with van der Waals surface area (Å²) in [5.74, 6) is 0.489. The third-order valence-corrected chi connectivity index (χ3v) is 3.28. The maximum absolute atomic E-state index is 13.5. The van der Waals surface area contributed by atoms with Gasteiger partial charge in [0.15, 0.2) is 0 Å². The zero-order valence-electron chi connectivity index (χ0n) is 10.4. The van der Waals surface area contributed by atoms with Gasteiger partial charge in [-0.2, -0.15) is 4.98 Å². The van der Waals surface area contributed by atoms with E-state index in [0.717, 1.165) is 0 Å². The molecule has 1 fully saturated rings. The summed E-state index contributed by atoms with van der Waals surface area (Å²) in [7, 11) is 0. The molecule has 2 N–H and O–H groups in total. The second-order valence-electron chi connectivity index (χ2n) is 4.77. The Bertz CT molecular complexity index is 599. The van der Waals surface area contributed by atoms with Gasteiger partial charge in [-0.15, -0.1) is 0 Å². The number of aliphatic hydroxyl groups is 1. The molecule has 0 spiro atoms. The van der Waals surface area contributed by atoms with E-state index in [9.17, 15) is 9.50 Å². The van der Waals surface area contributed by atoms with Crippen molar-refractivity contribution >= 4 is 0 Å². The Balaban J connectivity index is 1.86. The highest BCUT2D eigenvalue weighted by Gasteiger charge is 2.28. The van der Waals surface area contributed by atoms with Crippen LogP contribution in [-0.4, -0.2) is 27.9 Å². The van der Waals surface area contributed by atoms with E-state index in [1.54, 1.807) is 19.1 Å². The number of hydrogen-bond donors (Lipinski definition) is 2. The van der Waals surface area contributed by atoms with Crippen molar-refractivity contribution in [2.45, 2.75) is 25.5 Å². The standard InChI is InChI=1S/C13H14FN3O2/c1-7-2-3-8(4-10(7)14)12-16-13(19-17-12)11-5-9(18)6-15-11/h2-4,9,11,15,18H,5-6H2,1H3. The van der Waals surface area contributed by atoms with Crippen LogP contribution in [0.4, 0.5) is 4.39 Å². The molecule has 19 heavy (non-hydrogen) atoms. The van der Waals surface area contributed by atoms with Gasteiger partial charge in [-0.3, -0.25) is 0 Å². The fourth-order valence-electron chi connectivity index (χ4n) is 2.13. The van der Waals surface area contributed by atoms with Crippen molar-refractivity contribution in [3.05, 3.63) is 35.5 Å². The van der Waals surface area contributed by atoms with Crippen molar-refractivity contribution in [2.24, 2.45) is 0 Å². The normalized spacial score (nSPS) is 22.9. The highest BCUT2D eigenvalue weighted by Crippen LogP contribution is 2.25. The van der Waals surface area contributed by atoms with E-state index >= 15 is 0 Å². The van der Waals surface area contributed by atoms with Gasteiger partial charge in [0.1, 0.15) is 5.82 Å². The lowest BCUT2D eigenvalue weighted by molar-refractivity contribution is 0.191. The SMILES string of the molecule is Cc1ccc(-c2noc(C3CC(O)CN3)n2)cc1F. The Morgan fingerprint density at radius 1 is 1.47 bits per heavy atom. The first-order valence-corrected chi connectivity index (χ1v) is 6.15. The summed E-state index contributed by atoms with van der Waals surface area (Å²) in [5.41, 5.74) is 1.16. The first kappa shape index (κ1) is 12.3. The summed E-state index contributed by atoms with van der Waals surface area (Å²) in [5, 5.41) is 16.4. The first-order chi connectivity index (χ1) is 9.13. The first-order valence-electron chi connectivity index (χ1n) is 6.15. The number of aliphatic hydroxyl groups excluding tert-OH is 1. The molecule has 6 heteroatoms. The smallest absolute Gasteiger partial charge is 0.244 e. The van der Waals surface area contributed by atoms with Gasteiger partial charge in [0.05, 0.1) is 12.1 Å². The molecule has 0 radical (unpaired) electrons. The second-order valence-corrected chi connectivity index (χ2v) is 4.77. The molecule has 2 aromatic rings. The monoisotopic (exact) mass is 263 g/mol. The summed E-state index contributed by atoms with van der Waals surface area (Å²) >= 11 is 0. The van der Waals surface area contributed by atoms with Crippen LogP contribution in [0.5, 0.6) is 0 Å². The molecule has 0 aliphatic carbocycles. The van der Waals surface area contributed by atoms with Crippen molar-refractivity contribution in [1.82, 2.24) is 15.5 Å². The van der Waals surface area contributed by atoms with Gasteiger partial charge >= 0.3 is 0 Å². The van der Waals surface area contributed by atoms with Gasteiger partial charge in [0, 0.05) is 12.1 Å². The molecular formula is C13H14FN3O2. The van der Waals surface area contributed by atoms with Crippen LogP contribution in [0.1, 0.15) is 23.9 Å². The van der Waals surface area contributed by atoms with Crippen LogP contribution in [0, 0.1) is 12.7 Å². The minimum atomic E-state index is -0.392. The number of halogens is 1. The summed E-state index contributed by atoms with van der Waals surface area (Å²) in [6, 6.07) is 4.69. The van der Waals surface area contributed by atoms with E-state index in [2.05, 4.69) is 15.5 Å². The molecule has 1 aliphatic rings. The lowest BCUT2D eigenvalue weighted by atomic mass is 10.1. The van der Waals surface area contributed by atoms with Crippen LogP contribution in [0.25, 0.3) is 11.4 Å². The summed E-state index contributed by atoms with van der Waals surface area (Å²) in [6.07, 6.45) is 0.154. The van der Waals surface area contributed by atoms with Crippen molar-refractivity contribution in [1.29, 1.82) is 0 Å². The average Bonchev–Trinajstić information content (AvgIpc) is 3.01. The van der Waals surface area contributed by atoms with E-state index in [0.29, 0.717) is 35.8 Å². The summed E-state index contributed by atoms with van der Waals surface area (Å²) in [4.78, 5) is 4.25. The van der Waals surface area contributed by atoms with Gasteiger partial charge in [-0.05, 0) is 25.0 Å². The van der Waals surface area contributed by atoms with Crippen LogP contribution in [-0.2, 0) is 0 Å². The maximum atomic E-state index is 13.5. The lowest BCUT2D eigenvalue weighted by Crippen LogP contribution is -2.15. The fraction of sp³-hybridized carbons (Fsp3) is 0.385. The minimum Gasteiger partial charge on any atom is -0.392 e. The molecule has 0 saturated carbocycles. The number of aryl methyl sites for hydroxylation is 1. The minimum absolute atomic E-state index is 0.133. The predicted molar refractivity (Wildman–Crippen MR) is 65.8 cm³/mol. The third-order valence-electron chi connectivity index (χ3n) is 3.28. The molecule has 1 aliphatic heterocycles. The number of nitrogens with zero attached hydrogens (tertiary/aromatic N) is 2. The molecular weight excluding hydrogens is 249 g/mol. The van der Waals surface area contributed by atoms with Gasteiger partial charge in [0.25, 0.3) is 0 Å². The summed E-state index contributed by atoms with van der Waals surface area (Å²) < 4.78 is 18.7. The Labute approximate surface area is 109 Å². The fourth-order valence-corrected chi connectivity index (χ4v) is 2.13. The van der Waals surface area contributed by atoms with Crippen molar-refractivity contribution in [3.8, 4) is 11.4 Å². The largest absolute Gasteiger partial charge is 0.392 e. The van der Waals surface area contributed by atoms with Gasteiger partial charge in [0.2, 0.25) is 11.7 Å². The third kappa shape index (κ3) is 2.36. The molecule has 3 rings (SSSR count). The van der Waals surface area contributed by atoms with Crippen molar-refractivity contribution in [3.63, 3.8) is 0 Å². The van der Waals surface area contributed by atoms with E-state index in [4.69, 9.17) is 4.52 Å². The van der Waals surface area contributed by atoms with E-state index in [1.165, 1.54) is 6.07 Å². The van der Waals surface area contributed by atoms with E-state index in [1.807, 2.05) is 0 Å². The van der Waals surface area contributed by atoms with Crippen molar-refractivity contribution < 1.29 is 14.0 Å². The van der Waals surface area contributed by atoms with Crippen LogP contribution in [0.15, 0.2) is 22.7 Å². The van der Waals surface area contributed by atoms with Gasteiger partial charge in [-0.1, -0.05) is 17.3 Å². The molecule has 1 aromatic carbocycles. The zero-order chi connectivity index (χ0) is 13.4. The molecule has 2 atom stereocenters. The van der Waals surface area contributed by atoms with E-state index < -0.39 is 6.10 Å². The molecule has 0 bridgehead atoms. The van der Waals surface area contributed by atoms with Crippen LogP contribution in [0.2, 0.25) is 0 Å². The quantitative estimate of drug-likeness (QED) is 0.860. The number of hydrogen-bond acceptors (Lipinski definition) is 5. The molecule has 5 nitrogen and oxygen atoms in total. The molecule has 1 aromatic heterocycles. The average molecular weight is 263 g/mol. The Morgan fingerprint density at radius 3 is 3.00 bits per heavy atom. The number of nitrogens with one attached hydrogen (secondary N) is 1. The summed E-state index contributed by atoms with van der Waals surface area (Å²) in [6.45, 7) is 2.21. The Hall–Kier alpha value is -1.79. The topological polar surface area (TPSA) is 71.2 Å². The Kier molecular flexibility index (Phi) is 3.04. The van der Waals surface area contributed by atoms with Gasteiger partial charge in [-0.25, -0.2) is 4.39 Å². The van der Waals surface area contributed by atoms with Crippen molar-refractivity contribution in [2.75, 3.05) is 6.54 Å².